The summed E-state index contributed by atoms with van der Waals surface area (Å²) in [5, 5.41) is 10.7. The van der Waals surface area contributed by atoms with Crippen LogP contribution in [0, 0.1) is 28.8 Å². The molecular weight excluding hydrogens is 233 g/mol. The molecule has 17 heavy (non-hydrogen) atoms. The van der Waals surface area contributed by atoms with Gasteiger partial charge in [-0.15, -0.1) is 0 Å². The molecule has 0 saturated heterocycles. The topological polar surface area (TPSA) is 52.9 Å². The molecule has 1 rings (SSSR count). The van der Waals surface area contributed by atoms with Crippen LogP contribution in [-0.4, -0.2) is 11.9 Å². The minimum Gasteiger partial charge on any atom is -0.349 e. The molecule has 0 aliphatic rings. The molecule has 6 heteroatoms. The minimum atomic E-state index is -1.62. The molecule has 0 bridgehead atoms. The summed E-state index contributed by atoms with van der Waals surface area (Å²) in [6.07, 6.45) is 0.0674. The van der Waals surface area contributed by atoms with Gasteiger partial charge in [-0.05, 0) is 19.1 Å². The zero-order chi connectivity index (χ0) is 13.0. The van der Waals surface area contributed by atoms with Crippen molar-refractivity contribution < 1.29 is 18.0 Å². The van der Waals surface area contributed by atoms with Crippen molar-refractivity contribution in [1.82, 2.24) is 5.32 Å². The second-order valence-electron chi connectivity index (χ2n) is 3.49. The first-order valence-corrected chi connectivity index (χ1v) is 4.78. The Hall–Kier alpha value is -2.03. The molecule has 0 aliphatic carbocycles. The van der Waals surface area contributed by atoms with Crippen molar-refractivity contribution in [3.8, 4) is 6.07 Å². The van der Waals surface area contributed by atoms with Crippen LogP contribution in [0.4, 0.5) is 13.2 Å². The lowest BCUT2D eigenvalue weighted by Crippen LogP contribution is -2.32. The van der Waals surface area contributed by atoms with Gasteiger partial charge in [0.25, 0.3) is 5.91 Å². The quantitative estimate of drug-likeness (QED) is 0.825. The molecule has 1 aromatic carbocycles. The van der Waals surface area contributed by atoms with Crippen LogP contribution >= 0.6 is 0 Å². The van der Waals surface area contributed by atoms with Crippen molar-refractivity contribution in [1.29, 1.82) is 5.26 Å². The van der Waals surface area contributed by atoms with Gasteiger partial charge in [0, 0.05) is 11.6 Å². The normalized spacial score (nSPS) is 11.7. The second kappa shape index (κ2) is 5.34. The number of benzene rings is 1. The molecule has 3 nitrogen and oxygen atoms in total. The van der Waals surface area contributed by atoms with Crippen LogP contribution in [0.25, 0.3) is 0 Å². The van der Waals surface area contributed by atoms with E-state index in [2.05, 4.69) is 5.32 Å². The second-order valence-corrected chi connectivity index (χ2v) is 3.49. The van der Waals surface area contributed by atoms with Gasteiger partial charge in [0.2, 0.25) is 0 Å². The van der Waals surface area contributed by atoms with Crippen LogP contribution in [0.15, 0.2) is 12.1 Å². The number of amides is 1. The number of nitriles is 1. The van der Waals surface area contributed by atoms with E-state index in [0.717, 1.165) is 0 Å². The van der Waals surface area contributed by atoms with E-state index in [0.29, 0.717) is 12.1 Å². The number of rotatable bonds is 3. The van der Waals surface area contributed by atoms with Crippen LogP contribution in [0.3, 0.4) is 0 Å². The molecule has 1 aromatic rings. The monoisotopic (exact) mass is 242 g/mol. The van der Waals surface area contributed by atoms with Gasteiger partial charge < -0.3 is 5.32 Å². The lowest BCUT2D eigenvalue weighted by atomic mass is 10.1. The van der Waals surface area contributed by atoms with Gasteiger partial charge in [-0.3, -0.25) is 4.79 Å². The van der Waals surface area contributed by atoms with E-state index in [1.807, 2.05) is 6.07 Å². The molecule has 0 aliphatic heterocycles. The van der Waals surface area contributed by atoms with Gasteiger partial charge in [-0.25, -0.2) is 13.2 Å². The van der Waals surface area contributed by atoms with Crippen LogP contribution in [0.5, 0.6) is 0 Å². The van der Waals surface area contributed by atoms with Crippen molar-refractivity contribution in [3.05, 3.63) is 35.1 Å². The first-order chi connectivity index (χ1) is 7.95. The van der Waals surface area contributed by atoms with Crippen molar-refractivity contribution in [2.24, 2.45) is 0 Å². The van der Waals surface area contributed by atoms with Crippen LogP contribution < -0.4 is 5.32 Å². The largest absolute Gasteiger partial charge is 0.349 e. The summed E-state index contributed by atoms with van der Waals surface area (Å²) in [5.74, 6) is -5.23. The van der Waals surface area contributed by atoms with Crippen LogP contribution in [0.2, 0.25) is 0 Å². The Kier molecular flexibility index (Phi) is 4.10. The number of hydrogen-bond donors (Lipinski definition) is 1. The van der Waals surface area contributed by atoms with Crippen LogP contribution in [0.1, 0.15) is 23.7 Å². The predicted molar refractivity (Wildman–Crippen MR) is 53.5 cm³/mol. The van der Waals surface area contributed by atoms with Gasteiger partial charge in [-0.2, -0.15) is 5.26 Å². The lowest BCUT2D eigenvalue weighted by Gasteiger charge is -2.10. The van der Waals surface area contributed by atoms with Crippen molar-refractivity contribution in [2.45, 2.75) is 19.4 Å². The Balaban J connectivity index is 2.87. The molecule has 1 N–H and O–H groups in total. The fourth-order valence-corrected chi connectivity index (χ4v) is 1.18. The maximum Gasteiger partial charge on any atom is 0.251 e. The van der Waals surface area contributed by atoms with E-state index in [1.165, 1.54) is 0 Å². The SMILES string of the molecule is CC(CC#N)NC(=O)c1cc(F)c(F)c(F)c1. The maximum atomic E-state index is 12.8. The van der Waals surface area contributed by atoms with Crippen molar-refractivity contribution in [3.63, 3.8) is 0 Å². The summed E-state index contributed by atoms with van der Waals surface area (Å²) in [5.41, 5.74) is -0.328. The van der Waals surface area contributed by atoms with Gasteiger partial charge in [0.15, 0.2) is 17.5 Å². The fourth-order valence-electron chi connectivity index (χ4n) is 1.18. The summed E-state index contributed by atoms with van der Waals surface area (Å²) in [7, 11) is 0. The molecule has 0 heterocycles. The van der Waals surface area contributed by atoms with Gasteiger partial charge in [0.1, 0.15) is 0 Å². The Bertz CT molecular complexity index is 459. The number of carbonyl (C=O) groups is 1. The fraction of sp³-hybridized carbons (Fsp3) is 0.273. The van der Waals surface area contributed by atoms with E-state index in [4.69, 9.17) is 5.26 Å². The van der Waals surface area contributed by atoms with Crippen molar-refractivity contribution >= 4 is 5.91 Å². The van der Waals surface area contributed by atoms with E-state index in [1.54, 1.807) is 6.92 Å². The summed E-state index contributed by atoms with van der Waals surface area (Å²) in [6.45, 7) is 1.57. The molecule has 0 saturated carbocycles. The van der Waals surface area contributed by atoms with Gasteiger partial charge in [-0.1, -0.05) is 0 Å². The summed E-state index contributed by atoms with van der Waals surface area (Å²) in [6, 6.07) is 2.59. The molecular formula is C11H9F3N2O. The highest BCUT2D eigenvalue weighted by Crippen LogP contribution is 2.13. The zero-order valence-corrected chi connectivity index (χ0v) is 8.93. The highest BCUT2D eigenvalue weighted by molar-refractivity contribution is 5.94. The van der Waals surface area contributed by atoms with Gasteiger partial charge in [0.05, 0.1) is 12.5 Å². The Morgan fingerprint density at radius 1 is 1.41 bits per heavy atom. The third-order valence-corrected chi connectivity index (χ3v) is 2.02. The van der Waals surface area contributed by atoms with Crippen molar-refractivity contribution in [2.75, 3.05) is 0 Å². The number of carbonyl (C=O) groups excluding carboxylic acids is 1. The average Bonchev–Trinajstić information content (AvgIpc) is 2.25. The molecule has 0 radical (unpaired) electrons. The highest BCUT2D eigenvalue weighted by Gasteiger charge is 2.16. The van der Waals surface area contributed by atoms with Crippen LogP contribution in [-0.2, 0) is 0 Å². The average molecular weight is 242 g/mol. The highest BCUT2D eigenvalue weighted by atomic mass is 19.2. The number of halogens is 3. The maximum absolute atomic E-state index is 12.8. The predicted octanol–water partition coefficient (Wildman–Crippen LogP) is 2.14. The first-order valence-electron chi connectivity index (χ1n) is 4.78. The Morgan fingerprint density at radius 3 is 2.41 bits per heavy atom. The third kappa shape index (κ3) is 3.21. The standard InChI is InChI=1S/C11H9F3N2O/c1-6(2-3-15)16-11(17)7-4-8(12)10(14)9(13)5-7/h4-6H,2H2,1H3,(H,16,17). The molecule has 0 aromatic heterocycles. The summed E-state index contributed by atoms with van der Waals surface area (Å²) < 4.78 is 38.3. The van der Waals surface area contributed by atoms with E-state index in [9.17, 15) is 18.0 Å². The smallest absolute Gasteiger partial charge is 0.251 e. The summed E-state index contributed by atoms with van der Waals surface area (Å²) in [4.78, 5) is 11.5. The molecule has 1 amide bonds. The lowest BCUT2D eigenvalue weighted by molar-refractivity contribution is 0.0939. The third-order valence-electron chi connectivity index (χ3n) is 2.02. The van der Waals surface area contributed by atoms with E-state index >= 15 is 0 Å². The number of hydrogen-bond acceptors (Lipinski definition) is 2. The molecule has 0 fully saturated rings. The Morgan fingerprint density at radius 2 is 1.94 bits per heavy atom. The van der Waals surface area contributed by atoms with Gasteiger partial charge >= 0.3 is 0 Å². The number of nitrogens with zero attached hydrogens (tertiary/aromatic N) is 1. The Labute approximate surface area is 95.9 Å². The molecule has 0 spiro atoms. The summed E-state index contributed by atoms with van der Waals surface area (Å²) >= 11 is 0. The van der Waals surface area contributed by atoms with E-state index < -0.39 is 29.4 Å². The zero-order valence-electron chi connectivity index (χ0n) is 8.93. The first kappa shape index (κ1) is 13.0. The number of nitrogens with one attached hydrogen (secondary N) is 1. The minimum absolute atomic E-state index is 0.0674. The molecule has 90 valence electrons. The van der Waals surface area contributed by atoms with E-state index in [-0.39, 0.29) is 12.0 Å². The molecule has 1 unspecified atom stereocenters. The molecule has 1 atom stereocenters.